The van der Waals surface area contributed by atoms with Crippen molar-refractivity contribution in [2.75, 3.05) is 12.5 Å². The van der Waals surface area contributed by atoms with E-state index in [1.165, 1.54) is 12.3 Å². The van der Waals surface area contributed by atoms with Crippen molar-refractivity contribution >= 4 is 34.6 Å². The molecule has 0 bridgehead atoms. The van der Waals surface area contributed by atoms with Crippen LogP contribution in [-0.2, 0) is 6.18 Å². The fourth-order valence-corrected chi connectivity index (χ4v) is 2.77. The van der Waals surface area contributed by atoms with Gasteiger partial charge >= 0.3 is 6.18 Å². The van der Waals surface area contributed by atoms with Gasteiger partial charge in [0.15, 0.2) is 11.5 Å². The van der Waals surface area contributed by atoms with Gasteiger partial charge in [0.1, 0.15) is 5.82 Å². The maximum absolute atomic E-state index is 12.5. The van der Waals surface area contributed by atoms with Crippen LogP contribution in [0.3, 0.4) is 0 Å². The number of ether oxygens (including phenoxy) is 2. The topological polar surface area (TPSA) is 55.7 Å². The monoisotopic (exact) mass is 493 g/mol. The largest absolute Gasteiger partial charge is 0.493 e. The molecule has 0 aliphatic carbocycles. The lowest BCUT2D eigenvalue weighted by Crippen LogP contribution is -2.11. The van der Waals surface area contributed by atoms with Crippen LogP contribution in [0.5, 0.6) is 11.5 Å². The first-order chi connectivity index (χ1) is 12.7. The Morgan fingerprint density at radius 1 is 1.33 bits per heavy atom. The van der Waals surface area contributed by atoms with Crippen LogP contribution in [0.4, 0.5) is 19.0 Å². The zero-order chi connectivity index (χ0) is 20.0. The molecule has 146 valence electrons. The minimum atomic E-state index is -4.42. The van der Waals surface area contributed by atoms with Crippen molar-refractivity contribution in [2.24, 2.45) is 5.10 Å². The zero-order valence-corrected chi connectivity index (χ0v) is 17.1. The van der Waals surface area contributed by atoms with Crippen LogP contribution in [0.15, 0.2) is 35.6 Å². The highest BCUT2D eigenvalue weighted by Crippen LogP contribution is 2.34. The molecule has 0 unspecified atom stereocenters. The van der Waals surface area contributed by atoms with Crippen LogP contribution in [-0.4, -0.2) is 24.4 Å². The number of benzene rings is 1. The number of nitrogens with one attached hydrogen (secondary N) is 1. The molecule has 0 spiro atoms. The van der Waals surface area contributed by atoms with Gasteiger partial charge in [-0.05, 0) is 65.8 Å². The van der Waals surface area contributed by atoms with E-state index in [0.717, 1.165) is 27.8 Å². The average molecular weight is 493 g/mol. The lowest BCUT2D eigenvalue weighted by molar-refractivity contribution is -0.137. The van der Waals surface area contributed by atoms with E-state index in [-0.39, 0.29) is 11.9 Å². The number of halogens is 4. The van der Waals surface area contributed by atoms with Gasteiger partial charge < -0.3 is 9.47 Å². The van der Waals surface area contributed by atoms with Crippen LogP contribution in [0, 0.1) is 3.57 Å². The fraction of sp³-hybridized carbons (Fsp3) is 0.333. The molecule has 0 saturated carbocycles. The highest BCUT2D eigenvalue weighted by atomic mass is 127. The first-order valence-corrected chi connectivity index (χ1v) is 9.19. The molecule has 2 aromatic rings. The SMILES string of the molecule is CC[C@H](C)Oc1c(I)cc(/C=N\Nc2ccc(C(F)(F)F)cn2)cc1OC. The van der Waals surface area contributed by atoms with Gasteiger partial charge in [0.25, 0.3) is 0 Å². The second-order valence-corrected chi connectivity index (χ2v) is 6.83. The third kappa shape index (κ3) is 5.98. The summed E-state index contributed by atoms with van der Waals surface area (Å²) in [5, 5.41) is 4.01. The standard InChI is InChI=1S/C18H19F3IN3O2/c1-4-11(2)27-17-14(22)7-12(8-15(17)26-3)9-24-25-16-6-5-13(10-23-16)18(19,20)21/h5-11H,4H2,1-3H3,(H,23,25)/b24-9-/t11-/m0/s1. The Bertz CT molecular complexity index is 796. The Hall–Kier alpha value is -2.04. The van der Waals surface area contributed by atoms with Crippen LogP contribution in [0.25, 0.3) is 0 Å². The number of anilines is 1. The third-order valence-electron chi connectivity index (χ3n) is 3.63. The second kappa shape index (κ2) is 9.25. The van der Waals surface area contributed by atoms with Crippen molar-refractivity contribution in [3.05, 3.63) is 45.2 Å². The minimum Gasteiger partial charge on any atom is -0.493 e. The predicted octanol–water partition coefficient (Wildman–Crippen LogP) is 5.34. The van der Waals surface area contributed by atoms with E-state index in [1.807, 2.05) is 19.9 Å². The molecule has 1 atom stereocenters. The lowest BCUT2D eigenvalue weighted by atomic mass is 10.2. The summed E-state index contributed by atoms with van der Waals surface area (Å²) < 4.78 is 49.7. The summed E-state index contributed by atoms with van der Waals surface area (Å²) in [7, 11) is 1.56. The molecule has 27 heavy (non-hydrogen) atoms. The Morgan fingerprint density at radius 3 is 2.63 bits per heavy atom. The molecule has 1 aromatic heterocycles. The van der Waals surface area contributed by atoms with Crippen LogP contribution >= 0.6 is 22.6 Å². The summed E-state index contributed by atoms with van der Waals surface area (Å²) in [5.74, 6) is 1.45. The molecular formula is C18H19F3IN3O2. The third-order valence-corrected chi connectivity index (χ3v) is 4.43. The molecule has 0 radical (unpaired) electrons. The Kier molecular flexibility index (Phi) is 7.28. The molecule has 5 nitrogen and oxygen atoms in total. The Labute approximate surface area is 169 Å². The van der Waals surface area contributed by atoms with E-state index in [1.54, 1.807) is 13.2 Å². The normalized spacial score (nSPS) is 12.9. The summed E-state index contributed by atoms with van der Waals surface area (Å²) in [6, 6.07) is 5.79. The van der Waals surface area contributed by atoms with Crippen LogP contribution in [0.2, 0.25) is 0 Å². The van der Waals surface area contributed by atoms with Gasteiger partial charge in [0.05, 0.1) is 28.6 Å². The molecule has 0 fully saturated rings. The number of nitrogens with zero attached hydrogens (tertiary/aromatic N) is 2. The van der Waals surface area contributed by atoms with Crippen LogP contribution < -0.4 is 14.9 Å². The van der Waals surface area contributed by atoms with Gasteiger partial charge in [-0.1, -0.05) is 6.92 Å². The molecule has 0 aliphatic rings. The lowest BCUT2D eigenvalue weighted by Gasteiger charge is -2.17. The first kappa shape index (κ1) is 21.3. The summed E-state index contributed by atoms with van der Waals surface area (Å²) in [4.78, 5) is 3.69. The first-order valence-electron chi connectivity index (χ1n) is 8.11. The maximum Gasteiger partial charge on any atom is 0.417 e. The quantitative estimate of drug-likeness (QED) is 0.322. The number of pyridine rings is 1. The van der Waals surface area contributed by atoms with Crippen molar-refractivity contribution in [3.63, 3.8) is 0 Å². The Morgan fingerprint density at radius 2 is 2.07 bits per heavy atom. The van der Waals surface area contributed by atoms with Gasteiger partial charge in [0, 0.05) is 6.20 Å². The summed E-state index contributed by atoms with van der Waals surface area (Å²) in [5.41, 5.74) is 2.53. The maximum atomic E-state index is 12.5. The molecular weight excluding hydrogens is 474 g/mol. The number of methoxy groups -OCH3 is 1. The minimum absolute atomic E-state index is 0.0549. The predicted molar refractivity (Wildman–Crippen MR) is 107 cm³/mol. The fourth-order valence-electron chi connectivity index (χ4n) is 2.01. The van der Waals surface area contributed by atoms with Gasteiger partial charge in [-0.15, -0.1) is 0 Å². The van der Waals surface area contributed by atoms with Crippen molar-refractivity contribution in [2.45, 2.75) is 32.5 Å². The molecule has 2 rings (SSSR count). The summed E-state index contributed by atoms with van der Waals surface area (Å²) >= 11 is 2.15. The molecule has 9 heteroatoms. The molecule has 0 saturated heterocycles. The average Bonchev–Trinajstić information content (AvgIpc) is 2.63. The van der Waals surface area contributed by atoms with Crippen molar-refractivity contribution < 1.29 is 22.6 Å². The van der Waals surface area contributed by atoms with Crippen molar-refractivity contribution in [3.8, 4) is 11.5 Å². The molecule has 0 amide bonds. The van der Waals surface area contributed by atoms with Crippen LogP contribution in [0.1, 0.15) is 31.4 Å². The summed E-state index contributed by atoms with van der Waals surface area (Å²) in [6.45, 7) is 4.01. The summed E-state index contributed by atoms with van der Waals surface area (Å²) in [6.07, 6.45) is -1.21. The van der Waals surface area contributed by atoms with E-state index < -0.39 is 11.7 Å². The number of hydrazone groups is 1. The van der Waals surface area contributed by atoms with Gasteiger partial charge in [-0.2, -0.15) is 18.3 Å². The smallest absolute Gasteiger partial charge is 0.417 e. The highest BCUT2D eigenvalue weighted by molar-refractivity contribution is 14.1. The second-order valence-electron chi connectivity index (χ2n) is 5.67. The highest BCUT2D eigenvalue weighted by Gasteiger charge is 2.30. The van der Waals surface area contributed by atoms with E-state index in [2.05, 4.69) is 38.1 Å². The van der Waals surface area contributed by atoms with Crippen molar-refractivity contribution in [1.29, 1.82) is 0 Å². The van der Waals surface area contributed by atoms with Gasteiger partial charge in [-0.25, -0.2) is 4.98 Å². The number of aromatic nitrogens is 1. The van der Waals surface area contributed by atoms with E-state index in [9.17, 15) is 13.2 Å². The number of rotatable bonds is 7. The van der Waals surface area contributed by atoms with Crippen molar-refractivity contribution in [1.82, 2.24) is 4.98 Å². The molecule has 1 aromatic carbocycles. The molecule has 0 aliphatic heterocycles. The Balaban J connectivity index is 2.11. The molecule has 1 N–H and O–H groups in total. The van der Waals surface area contributed by atoms with E-state index in [4.69, 9.17) is 9.47 Å². The van der Waals surface area contributed by atoms with Gasteiger partial charge in [0.2, 0.25) is 0 Å². The zero-order valence-electron chi connectivity index (χ0n) is 15.0. The number of hydrogen-bond donors (Lipinski definition) is 1. The van der Waals surface area contributed by atoms with E-state index in [0.29, 0.717) is 11.5 Å². The van der Waals surface area contributed by atoms with E-state index >= 15 is 0 Å². The molecule has 1 heterocycles. The van der Waals surface area contributed by atoms with Gasteiger partial charge in [-0.3, -0.25) is 5.43 Å². The number of alkyl halides is 3. The number of hydrogen-bond acceptors (Lipinski definition) is 5.